The molecular weight excluding hydrogens is 306 g/mol. The van der Waals surface area contributed by atoms with Crippen LogP contribution in [-0.4, -0.2) is 53.8 Å². The molecule has 3 heterocycles. The van der Waals surface area contributed by atoms with Crippen LogP contribution in [0.15, 0.2) is 9.32 Å². The quantitative estimate of drug-likeness (QED) is 0.903. The maximum absolute atomic E-state index is 12.3. The van der Waals surface area contributed by atoms with Gasteiger partial charge in [-0.1, -0.05) is 5.16 Å². The Morgan fingerprint density at radius 3 is 2.67 bits per heavy atom. The SMILES string of the molecule is Cc1noc(C)c1CCN1CCc2nc(N(C)C)[nH]c(=O)c2CC1. The van der Waals surface area contributed by atoms with E-state index in [1.165, 1.54) is 5.56 Å². The highest BCUT2D eigenvalue weighted by Crippen LogP contribution is 2.16. The maximum Gasteiger partial charge on any atom is 0.255 e. The van der Waals surface area contributed by atoms with E-state index in [1.54, 1.807) is 0 Å². The van der Waals surface area contributed by atoms with Gasteiger partial charge in [0.05, 0.1) is 11.4 Å². The lowest BCUT2D eigenvalue weighted by Crippen LogP contribution is -2.29. The minimum absolute atomic E-state index is 0.00345. The summed E-state index contributed by atoms with van der Waals surface area (Å²) in [6, 6.07) is 0. The number of nitrogens with zero attached hydrogens (tertiary/aromatic N) is 4. The highest BCUT2D eigenvalue weighted by molar-refractivity contribution is 5.32. The number of aromatic amines is 1. The molecule has 24 heavy (non-hydrogen) atoms. The van der Waals surface area contributed by atoms with Gasteiger partial charge in [-0.3, -0.25) is 9.78 Å². The first kappa shape index (κ1) is 16.7. The number of aryl methyl sites for hydroxylation is 2. The van der Waals surface area contributed by atoms with Crippen LogP contribution in [0.25, 0.3) is 0 Å². The third-order valence-corrected chi connectivity index (χ3v) is 4.71. The number of hydrogen-bond donors (Lipinski definition) is 1. The Bertz CT molecular complexity index is 758. The molecule has 0 bridgehead atoms. The molecule has 0 unspecified atom stereocenters. The summed E-state index contributed by atoms with van der Waals surface area (Å²) in [6.07, 6.45) is 2.47. The van der Waals surface area contributed by atoms with E-state index < -0.39 is 0 Å². The molecule has 2 aromatic heterocycles. The Labute approximate surface area is 141 Å². The Hall–Kier alpha value is -2.15. The minimum Gasteiger partial charge on any atom is -0.361 e. The van der Waals surface area contributed by atoms with Crippen LogP contribution in [0, 0.1) is 13.8 Å². The molecule has 0 amide bonds. The van der Waals surface area contributed by atoms with Gasteiger partial charge in [-0.15, -0.1) is 0 Å². The number of nitrogens with one attached hydrogen (secondary N) is 1. The van der Waals surface area contributed by atoms with Gasteiger partial charge in [-0.25, -0.2) is 4.98 Å². The van der Waals surface area contributed by atoms with Gasteiger partial charge in [0.15, 0.2) is 0 Å². The molecule has 0 saturated carbocycles. The topological polar surface area (TPSA) is 78.3 Å². The van der Waals surface area contributed by atoms with Crippen LogP contribution < -0.4 is 10.5 Å². The number of rotatable bonds is 4. The average Bonchev–Trinajstić information content (AvgIpc) is 2.74. The number of aromatic nitrogens is 3. The van der Waals surface area contributed by atoms with Gasteiger partial charge in [0.1, 0.15) is 5.76 Å². The first-order chi connectivity index (χ1) is 11.5. The zero-order valence-electron chi connectivity index (χ0n) is 14.8. The summed E-state index contributed by atoms with van der Waals surface area (Å²) in [7, 11) is 3.77. The van der Waals surface area contributed by atoms with Crippen LogP contribution in [0.2, 0.25) is 0 Å². The fraction of sp³-hybridized carbons (Fsp3) is 0.588. The van der Waals surface area contributed by atoms with Crippen molar-refractivity contribution in [1.82, 2.24) is 20.0 Å². The molecule has 3 rings (SSSR count). The van der Waals surface area contributed by atoms with Gasteiger partial charge in [0.2, 0.25) is 5.95 Å². The highest BCUT2D eigenvalue weighted by atomic mass is 16.5. The second-order valence-corrected chi connectivity index (χ2v) is 6.60. The van der Waals surface area contributed by atoms with Crippen molar-refractivity contribution in [2.45, 2.75) is 33.1 Å². The molecule has 130 valence electrons. The number of hydrogen-bond acceptors (Lipinski definition) is 6. The zero-order chi connectivity index (χ0) is 17.3. The first-order valence-corrected chi connectivity index (χ1v) is 8.39. The molecule has 0 spiro atoms. The van der Waals surface area contributed by atoms with Gasteiger partial charge >= 0.3 is 0 Å². The first-order valence-electron chi connectivity index (χ1n) is 8.39. The second kappa shape index (κ2) is 6.76. The van der Waals surface area contributed by atoms with Crippen LogP contribution in [-0.2, 0) is 19.3 Å². The summed E-state index contributed by atoms with van der Waals surface area (Å²) < 4.78 is 5.23. The fourth-order valence-corrected chi connectivity index (χ4v) is 3.21. The molecule has 0 radical (unpaired) electrons. The summed E-state index contributed by atoms with van der Waals surface area (Å²) in [4.78, 5) is 24.0. The summed E-state index contributed by atoms with van der Waals surface area (Å²) in [6.45, 7) is 6.67. The molecular formula is C17H25N5O2. The monoisotopic (exact) mass is 331 g/mol. The van der Waals surface area contributed by atoms with Crippen molar-refractivity contribution >= 4 is 5.95 Å². The summed E-state index contributed by atoms with van der Waals surface area (Å²) in [5, 5.41) is 4.01. The predicted molar refractivity (Wildman–Crippen MR) is 92.7 cm³/mol. The number of H-pyrrole nitrogens is 1. The standard InChI is InChI=1S/C17H25N5O2/c1-11-13(12(2)24-20-11)5-8-22-9-6-14-15(7-10-22)18-17(21(3)4)19-16(14)23/h5-10H2,1-4H3,(H,18,19,23). The molecule has 0 atom stereocenters. The molecule has 1 aliphatic rings. The van der Waals surface area contributed by atoms with Crippen molar-refractivity contribution in [3.05, 3.63) is 38.6 Å². The van der Waals surface area contributed by atoms with Crippen molar-refractivity contribution in [2.24, 2.45) is 0 Å². The van der Waals surface area contributed by atoms with Gasteiger partial charge in [-0.2, -0.15) is 0 Å². The summed E-state index contributed by atoms with van der Waals surface area (Å²) in [5.41, 5.74) is 3.93. The molecule has 1 aliphatic heterocycles. The van der Waals surface area contributed by atoms with Gasteiger partial charge in [0.25, 0.3) is 5.56 Å². The lowest BCUT2D eigenvalue weighted by Gasteiger charge is -2.19. The van der Waals surface area contributed by atoms with Crippen molar-refractivity contribution in [3.8, 4) is 0 Å². The minimum atomic E-state index is -0.00345. The molecule has 0 fully saturated rings. The van der Waals surface area contributed by atoms with E-state index >= 15 is 0 Å². The zero-order valence-corrected chi connectivity index (χ0v) is 14.8. The molecule has 2 aromatic rings. The molecule has 7 heteroatoms. The highest BCUT2D eigenvalue weighted by Gasteiger charge is 2.20. The number of anilines is 1. The van der Waals surface area contributed by atoms with Crippen molar-refractivity contribution in [1.29, 1.82) is 0 Å². The number of fused-ring (bicyclic) bond motifs is 1. The Balaban J connectivity index is 1.69. The molecule has 0 saturated heterocycles. The molecule has 0 aliphatic carbocycles. The van der Waals surface area contributed by atoms with Crippen LogP contribution in [0.3, 0.4) is 0 Å². The fourth-order valence-electron chi connectivity index (χ4n) is 3.21. The van der Waals surface area contributed by atoms with Gasteiger partial charge in [-0.05, 0) is 26.7 Å². The molecule has 1 N–H and O–H groups in total. The molecule has 0 aromatic carbocycles. The normalized spacial score (nSPS) is 15.2. The maximum atomic E-state index is 12.3. The van der Waals surface area contributed by atoms with E-state index in [-0.39, 0.29) is 5.56 Å². The third-order valence-electron chi connectivity index (χ3n) is 4.71. The van der Waals surface area contributed by atoms with Gasteiger partial charge < -0.3 is 14.3 Å². The molecule has 7 nitrogen and oxygen atoms in total. The van der Waals surface area contributed by atoms with E-state index in [0.29, 0.717) is 5.95 Å². The van der Waals surface area contributed by atoms with Crippen LogP contribution in [0.4, 0.5) is 5.95 Å². The van der Waals surface area contributed by atoms with Crippen molar-refractivity contribution < 1.29 is 4.52 Å². The van der Waals surface area contributed by atoms with Gasteiger partial charge in [0, 0.05) is 51.3 Å². The third kappa shape index (κ3) is 3.36. The van der Waals surface area contributed by atoms with E-state index in [2.05, 4.69) is 20.0 Å². The van der Waals surface area contributed by atoms with E-state index in [4.69, 9.17) is 4.52 Å². The van der Waals surface area contributed by atoms with E-state index in [0.717, 1.165) is 61.6 Å². The average molecular weight is 331 g/mol. The largest absolute Gasteiger partial charge is 0.361 e. The summed E-state index contributed by atoms with van der Waals surface area (Å²) >= 11 is 0. The van der Waals surface area contributed by atoms with Crippen molar-refractivity contribution in [2.75, 3.05) is 38.6 Å². The lowest BCUT2D eigenvalue weighted by molar-refractivity contribution is 0.290. The smallest absolute Gasteiger partial charge is 0.255 e. The van der Waals surface area contributed by atoms with E-state index in [9.17, 15) is 4.79 Å². The Morgan fingerprint density at radius 2 is 2.00 bits per heavy atom. The Morgan fingerprint density at radius 1 is 1.25 bits per heavy atom. The Kier molecular flexibility index (Phi) is 4.71. The van der Waals surface area contributed by atoms with Crippen molar-refractivity contribution in [3.63, 3.8) is 0 Å². The predicted octanol–water partition coefficient (Wildman–Crippen LogP) is 1.08. The van der Waals surface area contributed by atoms with E-state index in [1.807, 2.05) is 32.8 Å². The van der Waals surface area contributed by atoms with Crippen LogP contribution in [0.5, 0.6) is 0 Å². The second-order valence-electron chi connectivity index (χ2n) is 6.60. The summed E-state index contributed by atoms with van der Waals surface area (Å²) in [5.74, 6) is 1.53. The van der Waals surface area contributed by atoms with Crippen LogP contribution >= 0.6 is 0 Å². The lowest BCUT2D eigenvalue weighted by atomic mass is 10.1. The van der Waals surface area contributed by atoms with Crippen LogP contribution in [0.1, 0.15) is 28.3 Å².